The molecule has 0 radical (unpaired) electrons. The Balaban J connectivity index is 1.60. The van der Waals surface area contributed by atoms with E-state index in [1.807, 2.05) is 29.2 Å². The first kappa shape index (κ1) is 19.1. The van der Waals surface area contributed by atoms with Crippen LogP contribution in [0.15, 0.2) is 30.5 Å². The van der Waals surface area contributed by atoms with Gasteiger partial charge < -0.3 is 15.4 Å². The molecular weight excluding hydrogens is 378 g/mol. The first-order valence-corrected chi connectivity index (χ1v) is 9.97. The largest absolute Gasteiger partial charge is 0.379 e. The molecule has 0 aliphatic carbocycles. The summed E-state index contributed by atoms with van der Waals surface area (Å²) in [7, 11) is 0. The lowest BCUT2D eigenvalue weighted by Gasteiger charge is -2.31. The summed E-state index contributed by atoms with van der Waals surface area (Å²) >= 11 is 6.03. The van der Waals surface area contributed by atoms with Crippen molar-refractivity contribution in [2.45, 2.75) is 18.9 Å². The summed E-state index contributed by atoms with van der Waals surface area (Å²) in [6.45, 7) is 4.09. The summed E-state index contributed by atoms with van der Waals surface area (Å²) < 4.78 is 5.38. The van der Waals surface area contributed by atoms with Gasteiger partial charge in [0.1, 0.15) is 0 Å². The number of ether oxygens (including phenoxy) is 1. The Bertz CT molecular complexity index is 839. The van der Waals surface area contributed by atoms with Gasteiger partial charge in [-0.15, -0.1) is 0 Å². The number of morpholine rings is 1. The first-order chi connectivity index (χ1) is 13.6. The van der Waals surface area contributed by atoms with E-state index in [0.29, 0.717) is 24.8 Å². The predicted molar refractivity (Wildman–Crippen MR) is 108 cm³/mol. The van der Waals surface area contributed by atoms with E-state index in [0.717, 1.165) is 49.3 Å². The second kappa shape index (κ2) is 8.43. The standard InChI is InChI=1S/C20H24ClN5O2/c21-15-5-3-14(4-6-15)16-12-23-20(22)24-19(16)17-2-1-7-26(17)18(27)13-25-8-10-28-11-9-25/h3-6,12,17H,1-2,7-11,13H2,(H2,22,23,24). The van der Waals surface area contributed by atoms with E-state index in [9.17, 15) is 4.79 Å². The molecule has 1 atom stereocenters. The minimum atomic E-state index is -0.0930. The summed E-state index contributed by atoms with van der Waals surface area (Å²) in [6, 6.07) is 7.47. The van der Waals surface area contributed by atoms with Gasteiger partial charge in [-0.1, -0.05) is 23.7 Å². The number of hydrogen-bond donors (Lipinski definition) is 1. The quantitative estimate of drug-likeness (QED) is 0.846. The molecule has 1 amide bonds. The van der Waals surface area contributed by atoms with Crippen molar-refractivity contribution < 1.29 is 9.53 Å². The Morgan fingerprint density at radius 1 is 1.21 bits per heavy atom. The molecule has 0 saturated carbocycles. The van der Waals surface area contributed by atoms with Crippen molar-refractivity contribution in [2.24, 2.45) is 0 Å². The number of amides is 1. The van der Waals surface area contributed by atoms with Crippen LogP contribution < -0.4 is 5.73 Å². The van der Waals surface area contributed by atoms with Gasteiger partial charge in [0.05, 0.1) is 31.5 Å². The number of likely N-dealkylation sites (tertiary alicyclic amines) is 1. The van der Waals surface area contributed by atoms with Crippen LogP contribution >= 0.6 is 11.6 Å². The second-order valence-corrected chi connectivity index (χ2v) is 7.60. The molecule has 0 spiro atoms. The van der Waals surface area contributed by atoms with Crippen LogP contribution in [0.4, 0.5) is 5.95 Å². The number of carbonyl (C=O) groups excluding carboxylic acids is 1. The van der Waals surface area contributed by atoms with E-state index < -0.39 is 0 Å². The molecule has 1 aromatic carbocycles. The van der Waals surface area contributed by atoms with Crippen molar-refractivity contribution >= 4 is 23.5 Å². The highest BCUT2D eigenvalue weighted by molar-refractivity contribution is 6.30. The first-order valence-electron chi connectivity index (χ1n) is 9.60. The van der Waals surface area contributed by atoms with Crippen molar-refractivity contribution in [2.75, 3.05) is 45.1 Å². The number of anilines is 1. The molecule has 1 unspecified atom stereocenters. The lowest BCUT2D eigenvalue weighted by molar-refractivity contribution is -0.134. The molecule has 3 heterocycles. The van der Waals surface area contributed by atoms with Gasteiger partial charge in [0.2, 0.25) is 11.9 Å². The number of benzene rings is 1. The number of halogens is 1. The number of aromatic nitrogens is 2. The predicted octanol–water partition coefficient (Wildman–Crippen LogP) is 2.37. The third-order valence-electron chi connectivity index (χ3n) is 5.34. The number of rotatable bonds is 4. The Morgan fingerprint density at radius 2 is 1.96 bits per heavy atom. The lowest BCUT2D eigenvalue weighted by Crippen LogP contribution is -2.44. The van der Waals surface area contributed by atoms with E-state index >= 15 is 0 Å². The molecule has 2 aliphatic heterocycles. The smallest absolute Gasteiger partial charge is 0.237 e. The van der Waals surface area contributed by atoms with Gasteiger partial charge in [0.15, 0.2) is 0 Å². The van der Waals surface area contributed by atoms with Crippen LogP contribution in [0.5, 0.6) is 0 Å². The fourth-order valence-electron chi connectivity index (χ4n) is 3.91. The number of hydrogen-bond acceptors (Lipinski definition) is 6. The Kier molecular flexibility index (Phi) is 5.75. The molecule has 8 heteroatoms. The summed E-state index contributed by atoms with van der Waals surface area (Å²) in [5.41, 5.74) is 8.56. The SMILES string of the molecule is Nc1ncc(-c2ccc(Cl)cc2)c(C2CCCN2C(=O)CN2CCOCC2)n1. The van der Waals surface area contributed by atoms with Crippen molar-refractivity contribution in [3.8, 4) is 11.1 Å². The fraction of sp³-hybridized carbons (Fsp3) is 0.450. The van der Waals surface area contributed by atoms with Crippen LogP contribution in [0, 0.1) is 0 Å². The Hall–Kier alpha value is -2.22. The lowest BCUT2D eigenvalue weighted by atomic mass is 10.00. The summed E-state index contributed by atoms with van der Waals surface area (Å²) in [6.07, 6.45) is 3.55. The van der Waals surface area contributed by atoms with Crippen molar-refractivity contribution in [3.05, 3.63) is 41.2 Å². The van der Waals surface area contributed by atoms with Gasteiger partial charge in [0.25, 0.3) is 0 Å². The molecule has 2 saturated heterocycles. The van der Waals surface area contributed by atoms with E-state index in [2.05, 4.69) is 14.9 Å². The number of nitrogen functional groups attached to an aromatic ring is 1. The molecule has 2 fully saturated rings. The normalized spacial score (nSPS) is 20.5. The van der Waals surface area contributed by atoms with E-state index in [1.54, 1.807) is 6.20 Å². The molecule has 148 valence electrons. The average molecular weight is 402 g/mol. The van der Waals surface area contributed by atoms with Crippen LogP contribution in [0.1, 0.15) is 24.6 Å². The maximum absolute atomic E-state index is 13.0. The summed E-state index contributed by atoms with van der Waals surface area (Å²) in [4.78, 5) is 25.8. The van der Waals surface area contributed by atoms with Gasteiger partial charge in [-0.05, 0) is 30.5 Å². The maximum atomic E-state index is 13.0. The molecule has 2 aromatic rings. The van der Waals surface area contributed by atoms with Crippen molar-refractivity contribution in [1.29, 1.82) is 0 Å². The van der Waals surface area contributed by atoms with Gasteiger partial charge in [-0.25, -0.2) is 9.97 Å². The summed E-state index contributed by atoms with van der Waals surface area (Å²) in [5, 5.41) is 0.671. The molecule has 2 aliphatic rings. The highest BCUT2D eigenvalue weighted by Gasteiger charge is 2.33. The third-order valence-corrected chi connectivity index (χ3v) is 5.60. The summed E-state index contributed by atoms with van der Waals surface area (Å²) in [5.74, 6) is 0.351. The van der Waals surface area contributed by atoms with Crippen LogP contribution in [-0.2, 0) is 9.53 Å². The maximum Gasteiger partial charge on any atom is 0.237 e. The molecule has 7 nitrogen and oxygen atoms in total. The monoisotopic (exact) mass is 401 g/mol. The molecule has 28 heavy (non-hydrogen) atoms. The molecular formula is C20H24ClN5O2. The average Bonchev–Trinajstić information content (AvgIpc) is 3.19. The number of nitrogens with two attached hydrogens (primary N) is 1. The molecule has 0 bridgehead atoms. The Morgan fingerprint density at radius 3 is 2.71 bits per heavy atom. The minimum absolute atomic E-state index is 0.0930. The van der Waals surface area contributed by atoms with Gasteiger partial charge in [0, 0.05) is 36.4 Å². The van der Waals surface area contributed by atoms with Crippen LogP contribution in [-0.4, -0.2) is 65.1 Å². The fourth-order valence-corrected chi connectivity index (χ4v) is 4.03. The highest BCUT2D eigenvalue weighted by Crippen LogP contribution is 2.37. The Labute approximate surface area is 169 Å². The van der Waals surface area contributed by atoms with Crippen molar-refractivity contribution in [1.82, 2.24) is 19.8 Å². The highest BCUT2D eigenvalue weighted by atomic mass is 35.5. The number of carbonyl (C=O) groups is 1. The van der Waals surface area contributed by atoms with E-state index in [4.69, 9.17) is 22.1 Å². The van der Waals surface area contributed by atoms with E-state index in [-0.39, 0.29) is 17.9 Å². The van der Waals surface area contributed by atoms with E-state index in [1.165, 1.54) is 0 Å². The minimum Gasteiger partial charge on any atom is -0.379 e. The van der Waals surface area contributed by atoms with Gasteiger partial charge in [-0.2, -0.15) is 0 Å². The second-order valence-electron chi connectivity index (χ2n) is 7.17. The van der Waals surface area contributed by atoms with Crippen LogP contribution in [0.25, 0.3) is 11.1 Å². The van der Waals surface area contributed by atoms with Crippen LogP contribution in [0.3, 0.4) is 0 Å². The van der Waals surface area contributed by atoms with Crippen molar-refractivity contribution in [3.63, 3.8) is 0 Å². The molecule has 1 aromatic heterocycles. The zero-order chi connectivity index (χ0) is 19.5. The molecule has 2 N–H and O–H groups in total. The zero-order valence-electron chi connectivity index (χ0n) is 15.7. The third kappa shape index (κ3) is 4.11. The topological polar surface area (TPSA) is 84.6 Å². The zero-order valence-corrected chi connectivity index (χ0v) is 16.4. The van der Waals surface area contributed by atoms with Gasteiger partial charge in [-0.3, -0.25) is 9.69 Å². The molecule has 4 rings (SSSR count). The van der Waals surface area contributed by atoms with Gasteiger partial charge >= 0.3 is 0 Å². The number of nitrogens with zero attached hydrogens (tertiary/aromatic N) is 4. The van der Waals surface area contributed by atoms with Crippen LogP contribution in [0.2, 0.25) is 5.02 Å².